The van der Waals surface area contributed by atoms with Gasteiger partial charge in [0.25, 0.3) is 0 Å². The molecule has 0 spiro atoms. The van der Waals surface area contributed by atoms with Crippen molar-refractivity contribution in [2.45, 2.75) is 70.8 Å². The van der Waals surface area contributed by atoms with Crippen molar-refractivity contribution in [3.8, 4) is 0 Å². The van der Waals surface area contributed by atoms with Crippen LogP contribution in [0.3, 0.4) is 0 Å². The summed E-state index contributed by atoms with van der Waals surface area (Å²) in [5.74, 6) is 0. The zero-order chi connectivity index (χ0) is 18.3. The van der Waals surface area contributed by atoms with E-state index in [-0.39, 0.29) is 6.54 Å². The van der Waals surface area contributed by atoms with E-state index < -0.39 is 34.7 Å². The van der Waals surface area contributed by atoms with Crippen molar-refractivity contribution in [3.05, 3.63) is 44.1 Å². The van der Waals surface area contributed by atoms with Gasteiger partial charge in [-0.05, 0) is 12.8 Å². The molecule has 0 fully saturated rings. The van der Waals surface area contributed by atoms with E-state index in [1.165, 1.54) is 15.2 Å². The third-order valence-corrected chi connectivity index (χ3v) is 7.15. The van der Waals surface area contributed by atoms with E-state index in [9.17, 15) is 14.4 Å². The van der Waals surface area contributed by atoms with Crippen molar-refractivity contribution in [1.82, 2.24) is 13.7 Å². The number of hydrogen-bond acceptors (Lipinski definition) is 3. The molecule has 0 amide bonds. The van der Waals surface area contributed by atoms with Gasteiger partial charge >= 0.3 is 17.1 Å². The summed E-state index contributed by atoms with van der Waals surface area (Å²) in [6, 6.07) is 2.15. The van der Waals surface area contributed by atoms with Gasteiger partial charge in [-0.1, -0.05) is 44.4 Å². The third-order valence-electron chi connectivity index (χ3n) is 4.02. The molecule has 1 aromatic rings. The van der Waals surface area contributed by atoms with Crippen molar-refractivity contribution in [2.24, 2.45) is 0 Å². The van der Waals surface area contributed by atoms with Gasteiger partial charge in [-0.15, -0.1) is 6.58 Å². The molecule has 0 saturated heterocycles. The van der Waals surface area contributed by atoms with Crippen LogP contribution in [0.5, 0.6) is 0 Å². The molecule has 8 heteroatoms. The van der Waals surface area contributed by atoms with Gasteiger partial charge < -0.3 is 0 Å². The molecule has 1 rings (SSSR count). The Morgan fingerprint density at radius 3 is 1.50 bits per heavy atom. The molecule has 0 bridgehead atoms. The zero-order valence-electron chi connectivity index (χ0n) is 15.5. The lowest BCUT2D eigenvalue weighted by molar-refractivity contribution is 0.454. The molecule has 136 valence electrons. The summed E-state index contributed by atoms with van der Waals surface area (Å²) in [4.78, 5) is 37.6. The smallest absolute Gasteiger partial charge is 0.247 e. The number of hydrogen-bond donors (Lipinski definition) is 0. The fraction of sp³-hybridized carbons (Fsp3) is 0.688. The molecule has 24 heavy (non-hydrogen) atoms. The van der Waals surface area contributed by atoms with Crippen molar-refractivity contribution < 1.29 is 0 Å². The van der Waals surface area contributed by atoms with E-state index in [2.05, 4.69) is 32.8 Å². The van der Waals surface area contributed by atoms with Crippen LogP contribution >= 0.6 is 0 Å². The molecule has 1 aromatic heterocycles. The van der Waals surface area contributed by atoms with Crippen LogP contribution in [-0.2, 0) is 19.6 Å². The second-order valence-corrected chi connectivity index (χ2v) is 13.9. The number of allylic oxidation sites excluding steroid dienone is 1. The zero-order valence-corrected chi connectivity index (χ0v) is 17.8. The van der Waals surface area contributed by atoms with Crippen molar-refractivity contribution >= 4 is 17.6 Å². The lowest BCUT2D eigenvalue weighted by Crippen LogP contribution is -2.54. The second kappa shape index (κ2) is 9.78. The first-order valence-electron chi connectivity index (χ1n) is 8.85. The lowest BCUT2D eigenvalue weighted by atomic mass is 10.4. The van der Waals surface area contributed by atoms with Gasteiger partial charge in [-0.3, -0.25) is 0 Å². The standard InChI is InChI=1S/C16H31N3O3Si2/c1-6-9-17-14(20)18(10-7-12-23(2)3)16(22)19(15(17)21)11-8-13-24(4)5/h6,23-24H,1,7-13H2,2-5H3. The monoisotopic (exact) mass is 369 g/mol. The molecule has 0 aliphatic carbocycles. The highest BCUT2D eigenvalue weighted by atomic mass is 28.3. The molecule has 0 aliphatic heterocycles. The minimum Gasteiger partial charge on any atom is -0.247 e. The molecular formula is C16H31N3O3Si2. The first-order valence-corrected chi connectivity index (χ1v) is 15.1. The number of nitrogens with zero attached hydrogens (tertiary/aromatic N) is 3. The Hall–Kier alpha value is -1.42. The maximum atomic E-state index is 12.6. The molecule has 0 atom stereocenters. The summed E-state index contributed by atoms with van der Waals surface area (Å²) in [6.07, 6.45) is 3.14. The summed E-state index contributed by atoms with van der Waals surface area (Å²) in [6.45, 7) is 13.5. The van der Waals surface area contributed by atoms with E-state index in [0.717, 1.165) is 29.5 Å². The van der Waals surface area contributed by atoms with Crippen LogP contribution in [0.2, 0.25) is 38.3 Å². The van der Waals surface area contributed by atoms with Crippen LogP contribution in [0.4, 0.5) is 0 Å². The van der Waals surface area contributed by atoms with E-state index in [1.54, 1.807) is 0 Å². The Labute approximate surface area is 146 Å². The van der Waals surface area contributed by atoms with E-state index in [4.69, 9.17) is 0 Å². The third kappa shape index (κ3) is 5.59. The van der Waals surface area contributed by atoms with Crippen LogP contribution < -0.4 is 17.1 Å². The fourth-order valence-electron chi connectivity index (χ4n) is 2.67. The highest BCUT2D eigenvalue weighted by Crippen LogP contribution is 1.99. The highest BCUT2D eigenvalue weighted by molar-refractivity contribution is 6.55. The fourth-order valence-corrected chi connectivity index (χ4v) is 4.66. The Bertz CT molecular complexity index is 664. The van der Waals surface area contributed by atoms with Crippen LogP contribution in [0.25, 0.3) is 0 Å². The van der Waals surface area contributed by atoms with Gasteiger partial charge in [0.1, 0.15) is 0 Å². The molecule has 6 nitrogen and oxygen atoms in total. The maximum Gasteiger partial charge on any atom is 0.336 e. The first-order chi connectivity index (χ1) is 11.3. The van der Waals surface area contributed by atoms with E-state index >= 15 is 0 Å². The van der Waals surface area contributed by atoms with Gasteiger partial charge in [0.2, 0.25) is 0 Å². The lowest BCUT2D eigenvalue weighted by Gasteiger charge is -2.13. The van der Waals surface area contributed by atoms with E-state index in [0.29, 0.717) is 13.1 Å². The van der Waals surface area contributed by atoms with Crippen LogP contribution in [0.1, 0.15) is 12.8 Å². The summed E-state index contributed by atoms with van der Waals surface area (Å²) in [7, 11) is -1.45. The molecule has 0 N–H and O–H groups in total. The van der Waals surface area contributed by atoms with Gasteiger partial charge in [-0.25, -0.2) is 28.1 Å². The van der Waals surface area contributed by atoms with Crippen molar-refractivity contribution in [2.75, 3.05) is 0 Å². The molecule has 0 saturated carbocycles. The SMILES string of the molecule is C=CCn1c(=O)n(CCC[SiH](C)C)c(=O)n(CCC[SiH](C)C)c1=O. The van der Waals surface area contributed by atoms with Gasteiger partial charge in [-0.2, -0.15) is 0 Å². The molecule has 0 aromatic carbocycles. The second-order valence-electron chi connectivity index (χ2n) is 7.12. The molecule has 0 radical (unpaired) electrons. The molecule has 1 heterocycles. The largest absolute Gasteiger partial charge is 0.336 e. The first kappa shape index (κ1) is 20.6. The Morgan fingerprint density at radius 2 is 1.17 bits per heavy atom. The van der Waals surface area contributed by atoms with Gasteiger partial charge in [0, 0.05) is 30.7 Å². The predicted octanol–water partition coefficient (Wildman–Crippen LogP) is 1.11. The quantitative estimate of drug-likeness (QED) is 0.458. The predicted molar refractivity (Wildman–Crippen MR) is 106 cm³/mol. The molecule has 0 unspecified atom stereocenters. The summed E-state index contributed by atoms with van der Waals surface area (Å²) < 4.78 is 3.58. The Kier molecular flexibility index (Phi) is 8.40. The van der Waals surface area contributed by atoms with Crippen LogP contribution in [0.15, 0.2) is 27.0 Å². The minimum absolute atomic E-state index is 0.135. The average molecular weight is 370 g/mol. The van der Waals surface area contributed by atoms with E-state index in [1.807, 2.05) is 0 Å². The van der Waals surface area contributed by atoms with Crippen LogP contribution in [0, 0.1) is 0 Å². The van der Waals surface area contributed by atoms with Gasteiger partial charge in [0.15, 0.2) is 0 Å². The molecular weight excluding hydrogens is 338 g/mol. The number of aromatic nitrogens is 3. The Morgan fingerprint density at radius 1 is 0.792 bits per heavy atom. The minimum atomic E-state index is -0.725. The maximum absolute atomic E-state index is 12.6. The summed E-state index contributed by atoms with van der Waals surface area (Å²) in [5, 5.41) is 0. The summed E-state index contributed by atoms with van der Waals surface area (Å²) >= 11 is 0. The van der Waals surface area contributed by atoms with Gasteiger partial charge in [0.05, 0.1) is 6.54 Å². The topological polar surface area (TPSA) is 66.0 Å². The highest BCUT2D eigenvalue weighted by Gasteiger charge is 2.14. The van der Waals surface area contributed by atoms with Crippen molar-refractivity contribution in [3.63, 3.8) is 0 Å². The van der Waals surface area contributed by atoms with Crippen LogP contribution in [-0.4, -0.2) is 31.3 Å². The average Bonchev–Trinajstić information content (AvgIpc) is 2.50. The van der Waals surface area contributed by atoms with Crippen molar-refractivity contribution in [1.29, 1.82) is 0 Å². The Balaban J connectivity index is 3.23. The normalized spacial score (nSPS) is 11.4. The molecule has 0 aliphatic rings. The number of rotatable bonds is 10. The summed E-state index contributed by atoms with van der Waals surface area (Å²) in [5.41, 5.74) is -1.48.